The first kappa shape index (κ1) is 21.1. The van der Waals surface area contributed by atoms with Crippen LogP contribution < -0.4 is 10.3 Å². The van der Waals surface area contributed by atoms with Crippen molar-refractivity contribution in [2.45, 2.75) is 40.0 Å². The minimum absolute atomic E-state index is 0.165. The molecule has 1 aliphatic rings. The number of nitrogens with zero attached hydrogens (tertiary/aromatic N) is 2. The zero-order chi connectivity index (χ0) is 22.0. The largest absolute Gasteiger partial charge is 0.455 e. The summed E-state index contributed by atoms with van der Waals surface area (Å²) in [5.41, 5.74) is 6.96. The monoisotopic (exact) mass is 435 g/mol. The molecule has 0 radical (unpaired) electrons. The maximum atomic E-state index is 13.4. The summed E-state index contributed by atoms with van der Waals surface area (Å²) in [7, 11) is 0. The van der Waals surface area contributed by atoms with E-state index in [1.165, 1.54) is 11.3 Å². The second-order valence-corrected chi connectivity index (χ2v) is 8.52. The number of benzene rings is 1. The molecule has 31 heavy (non-hydrogen) atoms. The van der Waals surface area contributed by atoms with Gasteiger partial charge in [0.2, 0.25) is 0 Å². The van der Waals surface area contributed by atoms with Crippen molar-refractivity contribution in [3.8, 4) is 0 Å². The fraction of sp³-hybridized carbons (Fsp3) is 0.292. The summed E-state index contributed by atoms with van der Waals surface area (Å²) in [6.45, 7) is 6.38. The molecule has 0 spiro atoms. The molecule has 160 valence electrons. The molecule has 0 saturated carbocycles. The number of hydrazone groups is 1. The number of aryl methyl sites for hydroxylation is 2. The molecule has 0 bridgehead atoms. The molecule has 0 saturated heterocycles. The molecule has 7 heteroatoms. The van der Waals surface area contributed by atoms with E-state index in [1.807, 2.05) is 56.5 Å². The van der Waals surface area contributed by atoms with Gasteiger partial charge in [0, 0.05) is 29.8 Å². The lowest BCUT2D eigenvalue weighted by Crippen LogP contribution is -2.31. The highest BCUT2D eigenvalue weighted by molar-refractivity contribution is 7.12. The SMILES string of the molecule is CCN(C(=O)c1oc2c(c1C)/C(=N/NC(=O)c1cccs1)CCC2)c1cccc(C)c1. The fourth-order valence-corrected chi connectivity index (χ4v) is 4.54. The van der Waals surface area contributed by atoms with Crippen LogP contribution in [0.1, 0.15) is 62.4 Å². The van der Waals surface area contributed by atoms with Crippen molar-refractivity contribution in [1.29, 1.82) is 0 Å². The van der Waals surface area contributed by atoms with Gasteiger partial charge in [-0.2, -0.15) is 5.10 Å². The van der Waals surface area contributed by atoms with Gasteiger partial charge in [0.05, 0.1) is 10.6 Å². The maximum absolute atomic E-state index is 13.4. The standard InChI is InChI=1S/C24H25N3O3S/c1-4-27(17-9-5-8-15(2)14-17)24(29)22-16(3)21-18(10-6-11-19(21)30-22)25-26-23(28)20-12-7-13-31-20/h5,7-9,12-14H,4,6,10-11H2,1-3H3,(H,26,28)/b25-18+. The summed E-state index contributed by atoms with van der Waals surface area (Å²) in [4.78, 5) is 28.0. The smallest absolute Gasteiger partial charge is 0.294 e. The number of amides is 2. The lowest BCUT2D eigenvalue weighted by atomic mass is 9.93. The number of hydrogen-bond donors (Lipinski definition) is 1. The second-order valence-electron chi connectivity index (χ2n) is 7.57. The van der Waals surface area contributed by atoms with E-state index in [0.717, 1.165) is 53.1 Å². The third kappa shape index (κ3) is 4.18. The highest BCUT2D eigenvalue weighted by Gasteiger charge is 2.30. The van der Waals surface area contributed by atoms with Crippen molar-refractivity contribution in [3.05, 3.63) is 74.9 Å². The topological polar surface area (TPSA) is 74.9 Å². The number of nitrogens with one attached hydrogen (secondary N) is 1. The Hall–Kier alpha value is -3.19. The minimum Gasteiger partial charge on any atom is -0.455 e. The number of carbonyl (C=O) groups excluding carboxylic acids is 2. The number of hydrogen-bond acceptors (Lipinski definition) is 5. The zero-order valence-corrected chi connectivity index (χ0v) is 18.7. The average molecular weight is 436 g/mol. The van der Waals surface area contributed by atoms with Crippen LogP contribution in [-0.4, -0.2) is 24.1 Å². The van der Waals surface area contributed by atoms with Crippen LogP contribution in [0, 0.1) is 13.8 Å². The Morgan fingerprint density at radius 3 is 2.74 bits per heavy atom. The first-order chi connectivity index (χ1) is 15.0. The summed E-state index contributed by atoms with van der Waals surface area (Å²) in [6, 6.07) is 11.5. The lowest BCUT2D eigenvalue weighted by Gasteiger charge is -2.20. The number of thiophene rings is 1. The van der Waals surface area contributed by atoms with Crippen LogP contribution in [0.5, 0.6) is 0 Å². The predicted octanol–water partition coefficient (Wildman–Crippen LogP) is 5.10. The summed E-state index contributed by atoms with van der Waals surface area (Å²) in [6.07, 6.45) is 2.33. The summed E-state index contributed by atoms with van der Waals surface area (Å²) >= 11 is 1.37. The van der Waals surface area contributed by atoms with E-state index in [4.69, 9.17) is 4.42 Å². The van der Waals surface area contributed by atoms with Crippen molar-refractivity contribution >= 4 is 34.6 Å². The molecule has 2 aromatic heterocycles. The Morgan fingerprint density at radius 1 is 1.19 bits per heavy atom. The Bertz CT molecular complexity index is 1150. The maximum Gasteiger partial charge on any atom is 0.294 e. The van der Waals surface area contributed by atoms with Gasteiger partial charge in [-0.3, -0.25) is 9.59 Å². The average Bonchev–Trinajstić information content (AvgIpc) is 3.41. The highest BCUT2D eigenvalue weighted by atomic mass is 32.1. The van der Waals surface area contributed by atoms with Crippen molar-refractivity contribution in [2.24, 2.45) is 5.10 Å². The van der Waals surface area contributed by atoms with Crippen LogP contribution in [-0.2, 0) is 6.42 Å². The van der Waals surface area contributed by atoms with Crippen molar-refractivity contribution in [3.63, 3.8) is 0 Å². The fourth-order valence-electron chi connectivity index (χ4n) is 3.93. The molecule has 1 aromatic carbocycles. The molecular weight excluding hydrogens is 410 g/mol. The summed E-state index contributed by atoms with van der Waals surface area (Å²) in [5.74, 6) is 0.703. The molecular formula is C24H25N3O3S. The molecule has 2 heterocycles. The predicted molar refractivity (Wildman–Crippen MR) is 123 cm³/mol. The molecule has 0 aliphatic heterocycles. The molecule has 2 amide bonds. The number of anilines is 1. The van der Waals surface area contributed by atoms with Gasteiger partial charge in [-0.05, 0) is 62.8 Å². The van der Waals surface area contributed by atoms with Crippen molar-refractivity contribution in [1.82, 2.24) is 5.43 Å². The van der Waals surface area contributed by atoms with E-state index in [-0.39, 0.29) is 11.8 Å². The van der Waals surface area contributed by atoms with E-state index in [0.29, 0.717) is 17.2 Å². The van der Waals surface area contributed by atoms with Gasteiger partial charge in [-0.15, -0.1) is 11.3 Å². The highest BCUT2D eigenvalue weighted by Crippen LogP contribution is 2.31. The van der Waals surface area contributed by atoms with Gasteiger partial charge < -0.3 is 9.32 Å². The van der Waals surface area contributed by atoms with Crippen LogP contribution in [0.25, 0.3) is 0 Å². The normalized spacial score (nSPS) is 14.4. The molecule has 6 nitrogen and oxygen atoms in total. The van der Waals surface area contributed by atoms with Gasteiger partial charge in [0.25, 0.3) is 11.8 Å². The first-order valence-corrected chi connectivity index (χ1v) is 11.3. The summed E-state index contributed by atoms with van der Waals surface area (Å²) < 4.78 is 6.06. The number of furan rings is 1. The van der Waals surface area contributed by atoms with Crippen LogP contribution in [0.3, 0.4) is 0 Å². The number of fused-ring (bicyclic) bond motifs is 1. The Morgan fingerprint density at radius 2 is 2.03 bits per heavy atom. The van der Waals surface area contributed by atoms with E-state index in [1.54, 1.807) is 11.0 Å². The first-order valence-electron chi connectivity index (χ1n) is 10.4. The Balaban J connectivity index is 1.64. The van der Waals surface area contributed by atoms with Gasteiger partial charge in [-0.1, -0.05) is 18.2 Å². The Labute approximate surface area is 185 Å². The third-order valence-corrected chi connectivity index (χ3v) is 6.30. The second kappa shape index (κ2) is 8.89. The lowest BCUT2D eigenvalue weighted by molar-refractivity contribution is 0.0951. The zero-order valence-electron chi connectivity index (χ0n) is 17.9. The van der Waals surface area contributed by atoms with E-state index < -0.39 is 0 Å². The molecule has 0 atom stereocenters. The summed E-state index contributed by atoms with van der Waals surface area (Å²) in [5, 5.41) is 6.24. The van der Waals surface area contributed by atoms with Crippen LogP contribution >= 0.6 is 11.3 Å². The Kier molecular flexibility index (Phi) is 6.04. The molecule has 1 N–H and O–H groups in total. The quantitative estimate of drug-likeness (QED) is 0.567. The number of carbonyl (C=O) groups is 2. The van der Waals surface area contributed by atoms with E-state index in [9.17, 15) is 9.59 Å². The van der Waals surface area contributed by atoms with Gasteiger partial charge in [0.15, 0.2) is 5.76 Å². The van der Waals surface area contributed by atoms with E-state index in [2.05, 4.69) is 10.5 Å². The van der Waals surface area contributed by atoms with E-state index >= 15 is 0 Å². The van der Waals surface area contributed by atoms with Crippen molar-refractivity contribution in [2.75, 3.05) is 11.4 Å². The van der Waals surface area contributed by atoms with Crippen molar-refractivity contribution < 1.29 is 14.0 Å². The van der Waals surface area contributed by atoms with Gasteiger partial charge in [0.1, 0.15) is 5.76 Å². The molecule has 0 unspecified atom stereocenters. The van der Waals surface area contributed by atoms with Crippen LogP contribution in [0.15, 0.2) is 51.3 Å². The molecule has 1 aliphatic carbocycles. The van der Waals surface area contributed by atoms with Crippen LogP contribution in [0.2, 0.25) is 0 Å². The molecule has 4 rings (SSSR count). The number of rotatable bonds is 5. The molecule has 0 fully saturated rings. The minimum atomic E-state index is -0.233. The van der Waals surface area contributed by atoms with Gasteiger partial charge >= 0.3 is 0 Å². The van der Waals surface area contributed by atoms with Gasteiger partial charge in [-0.25, -0.2) is 5.43 Å². The molecule has 3 aromatic rings. The van der Waals surface area contributed by atoms with Crippen LogP contribution in [0.4, 0.5) is 5.69 Å². The third-order valence-electron chi connectivity index (χ3n) is 5.43.